The molecule has 2 N–H and O–H groups in total. The van der Waals surface area contributed by atoms with Crippen molar-refractivity contribution in [3.05, 3.63) is 23.8 Å². The van der Waals surface area contributed by atoms with Crippen molar-refractivity contribution in [3.8, 4) is 11.5 Å². The molecule has 1 aromatic rings. The first kappa shape index (κ1) is 11.3. The summed E-state index contributed by atoms with van der Waals surface area (Å²) in [6.07, 6.45) is -0.128. The normalized spacial score (nSPS) is 12.8. The zero-order valence-corrected chi connectivity index (χ0v) is 8.75. The first-order valence-corrected chi connectivity index (χ1v) is 4.92. The van der Waals surface area contributed by atoms with E-state index in [1.165, 1.54) is 0 Å². The van der Waals surface area contributed by atoms with Gasteiger partial charge in [-0.05, 0) is 11.6 Å². The van der Waals surface area contributed by atoms with E-state index in [2.05, 4.69) is 0 Å². The molecular weight excluding hydrogens is 228 g/mol. The molecule has 1 aromatic carbocycles. The average molecular weight is 238 g/mol. The molecule has 0 atom stereocenters. The van der Waals surface area contributed by atoms with Gasteiger partial charge >= 0.3 is 11.9 Å². The molecule has 0 amide bonds. The van der Waals surface area contributed by atoms with Gasteiger partial charge in [-0.1, -0.05) is 12.1 Å². The maximum atomic E-state index is 10.8. The van der Waals surface area contributed by atoms with Crippen LogP contribution in [0.4, 0.5) is 0 Å². The van der Waals surface area contributed by atoms with Crippen molar-refractivity contribution in [2.75, 3.05) is 6.79 Å². The van der Waals surface area contributed by atoms with Crippen LogP contribution in [0.15, 0.2) is 18.2 Å². The largest absolute Gasteiger partial charge is 0.481 e. The monoisotopic (exact) mass is 238 g/mol. The maximum Gasteiger partial charge on any atom is 0.318 e. The van der Waals surface area contributed by atoms with Crippen LogP contribution in [-0.2, 0) is 16.0 Å². The van der Waals surface area contributed by atoms with Gasteiger partial charge in [-0.15, -0.1) is 0 Å². The first-order chi connectivity index (χ1) is 8.09. The van der Waals surface area contributed by atoms with Gasteiger partial charge < -0.3 is 19.7 Å². The number of aliphatic carboxylic acids is 2. The van der Waals surface area contributed by atoms with Crippen LogP contribution in [0, 0.1) is 5.92 Å². The van der Waals surface area contributed by atoms with Gasteiger partial charge in [-0.3, -0.25) is 9.59 Å². The van der Waals surface area contributed by atoms with E-state index in [1.807, 2.05) is 0 Å². The quantitative estimate of drug-likeness (QED) is 0.751. The number of ether oxygens (including phenoxy) is 2. The molecule has 0 saturated heterocycles. The van der Waals surface area contributed by atoms with Crippen LogP contribution in [0.3, 0.4) is 0 Å². The summed E-state index contributed by atoms with van der Waals surface area (Å²) in [6, 6.07) is 4.98. The molecule has 0 aliphatic carbocycles. The van der Waals surface area contributed by atoms with Crippen LogP contribution in [0.25, 0.3) is 0 Å². The smallest absolute Gasteiger partial charge is 0.318 e. The van der Waals surface area contributed by atoms with Crippen molar-refractivity contribution in [3.63, 3.8) is 0 Å². The van der Waals surface area contributed by atoms with E-state index in [0.717, 1.165) is 0 Å². The maximum absolute atomic E-state index is 10.8. The molecule has 0 aromatic heterocycles. The van der Waals surface area contributed by atoms with Gasteiger partial charge in [0.25, 0.3) is 0 Å². The molecule has 0 spiro atoms. The number of benzene rings is 1. The number of carboxylic acids is 2. The molecule has 1 heterocycles. The minimum absolute atomic E-state index is 0.0666. The minimum Gasteiger partial charge on any atom is -0.481 e. The molecule has 0 radical (unpaired) electrons. The lowest BCUT2D eigenvalue weighted by molar-refractivity contribution is -0.154. The van der Waals surface area contributed by atoms with Crippen molar-refractivity contribution in [1.82, 2.24) is 0 Å². The molecular formula is C11H10O6. The van der Waals surface area contributed by atoms with Crippen LogP contribution < -0.4 is 9.47 Å². The van der Waals surface area contributed by atoms with E-state index in [-0.39, 0.29) is 13.2 Å². The van der Waals surface area contributed by atoms with Crippen LogP contribution in [-0.4, -0.2) is 28.9 Å². The summed E-state index contributed by atoms with van der Waals surface area (Å²) in [5, 5.41) is 17.6. The molecule has 0 fully saturated rings. The van der Waals surface area contributed by atoms with Gasteiger partial charge in [0.1, 0.15) is 0 Å². The first-order valence-electron chi connectivity index (χ1n) is 4.92. The van der Waals surface area contributed by atoms with Crippen LogP contribution >= 0.6 is 0 Å². The molecule has 0 saturated carbocycles. The summed E-state index contributed by atoms with van der Waals surface area (Å²) in [4.78, 5) is 21.6. The van der Waals surface area contributed by atoms with Crippen LogP contribution in [0.5, 0.6) is 11.5 Å². The molecule has 6 heteroatoms. The Morgan fingerprint density at radius 3 is 2.59 bits per heavy atom. The van der Waals surface area contributed by atoms with E-state index in [0.29, 0.717) is 17.1 Å². The number of carboxylic acid groups (broad SMARTS) is 2. The predicted molar refractivity (Wildman–Crippen MR) is 55.0 cm³/mol. The van der Waals surface area contributed by atoms with E-state index >= 15 is 0 Å². The molecule has 0 bridgehead atoms. The van der Waals surface area contributed by atoms with Crippen molar-refractivity contribution >= 4 is 11.9 Å². The highest BCUT2D eigenvalue weighted by Gasteiger charge is 2.29. The molecule has 1 aliphatic heterocycles. The molecule has 2 rings (SSSR count). The van der Waals surface area contributed by atoms with E-state index in [4.69, 9.17) is 19.7 Å². The number of hydrogen-bond donors (Lipinski definition) is 2. The van der Waals surface area contributed by atoms with Crippen molar-refractivity contribution < 1.29 is 29.3 Å². The summed E-state index contributed by atoms with van der Waals surface area (Å²) < 4.78 is 10.3. The van der Waals surface area contributed by atoms with E-state index in [9.17, 15) is 9.59 Å². The lowest BCUT2D eigenvalue weighted by Gasteiger charge is -2.09. The Morgan fingerprint density at radius 1 is 1.24 bits per heavy atom. The van der Waals surface area contributed by atoms with Gasteiger partial charge in [0.2, 0.25) is 6.79 Å². The highest BCUT2D eigenvalue weighted by Crippen LogP contribution is 2.36. The molecule has 0 unspecified atom stereocenters. The fourth-order valence-electron chi connectivity index (χ4n) is 1.65. The Kier molecular flexibility index (Phi) is 2.86. The summed E-state index contributed by atoms with van der Waals surface area (Å²) in [7, 11) is 0. The second kappa shape index (κ2) is 4.32. The third-order valence-corrected chi connectivity index (χ3v) is 2.50. The van der Waals surface area contributed by atoms with Gasteiger partial charge in [-0.25, -0.2) is 0 Å². The molecule has 90 valence electrons. The zero-order chi connectivity index (χ0) is 12.4. The van der Waals surface area contributed by atoms with Gasteiger partial charge in [0.15, 0.2) is 17.4 Å². The van der Waals surface area contributed by atoms with Gasteiger partial charge in [0, 0.05) is 6.42 Å². The number of rotatable bonds is 4. The standard InChI is InChI=1S/C11H10O6/c12-10(13)7(11(14)15)4-6-2-1-3-8-9(6)17-5-16-8/h1-3,7H,4-5H2,(H,12,13)(H,14,15). The Bertz CT molecular complexity index is 453. The highest BCUT2D eigenvalue weighted by atomic mass is 16.7. The van der Waals surface area contributed by atoms with Crippen molar-refractivity contribution in [2.45, 2.75) is 6.42 Å². The fourth-order valence-corrected chi connectivity index (χ4v) is 1.65. The van der Waals surface area contributed by atoms with Crippen molar-refractivity contribution in [1.29, 1.82) is 0 Å². The lowest BCUT2D eigenvalue weighted by Crippen LogP contribution is -2.25. The SMILES string of the molecule is O=C(O)C(Cc1cccc2c1OCO2)C(=O)O. The van der Waals surface area contributed by atoms with E-state index < -0.39 is 17.9 Å². The summed E-state index contributed by atoms with van der Waals surface area (Å²) >= 11 is 0. The molecule has 1 aliphatic rings. The van der Waals surface area contributed by atoms with E-state index in [1.54, 1.807) is 18.2 Å². The minimum atomic E-state index is -1.48. The summed E-state index contributed by atoms with van der Waals surface area (Å²) in [5.74, 6) is -3.27. The summed E-state index contributed by atoms with van der Waals surface area (Å²) in [6.45, 7) is 0.0666. The predicted octanol–water partition coefficient (Wildman–Crippen LogP) is 0.743. The third kappa shape index (κ3) is 2.15. The molecule has 6 nitrogen and oxygen atoms in total. The Labute approximate surface area is 96.4 Å². The third-order valence-electron chi connectivity index (χ3n) is 2.50. The van der Waals surface area contributed by atoms with Crippen LogP contribution in [0.1, 0.15) is 5.56 Å². The topological polar surface area (TPSA) is 93.1 Å². The Hall–Kier alpha value is -2.24. The average Bonchev–Trinajstić information content (AvgIpc) is 2.73. The fraction of sp³-hybridized carbons (Fsp3) is 0.273. The van der Waals surface area contributed by atoms with Gasteiger partial charge in [-0.2, -0.15) is 0 Å². The number of para-hydroxylation sites is 1. The number of fused-ring (bicyclic) bond motifs is 1. The van der Waals surface area contributed by atoms with Crippen LogP contribution in [0.2, 0.25) is 0 Å². The number of hydrogen-bond acceptors (Lipinski definition) is 4. The van der Waals surface area contributed by atoms with Gasteiger partial charge in [0.05, 0.1) is 0 Å². The van der Waals surface area contributed by atoms with Crippen molar-refractivity contribution in [2.24, 2.45) is 5.92 Å². The second-order valence-electron chi connectivity index (χ2n) is 3.58. The molecule has 17 heavy (non-hydrogen) atoms. The lowest BCUT2D eigenvalue weighted by atomic mass is 9.98. The Balaban J connectivity index is 2.27. The Morgan fingerprint density at radius 2 is 1.94 bits per heavy atom. The number of carbonyl (C=O) groups is 2. The zero-order valence-electron chi connectivity index (χ0n) is 8.75. The summed E-state index contributed by atoms with van der Waals surface area (Å²) in [5.41, 5.74) is 0.523. The highest BCUT2D eigenvalue weighted by molar-refractivity contribution is 5.93. The second-order valence-corrected chi connectivity index (χ2v) is 3.58.